The monoisotopic (exact) mass is 502 g/mol. The number of benzene rings is 3. The summed E-state index contributed by atoms with van der Waals surface area (Å²) in [6.07, 6.45) is 2.28. The summed E-state index contributed by atoms with van der Waals surface area (Å²) in [5.74, 6) is -0.825. The third-order valence-electron chi connectivity index (χ3n) is 5.09. The Bertz CT molecular complexity index is 1250. The van der Waals surface area contributed by atoms with Gasteiger partial charge in [-0.05, 0) is 91.6 Å². The molecule has 37 heavy (non-hydrogen) atoms. The van der Waals surface area contributed by atoms with Crippen LogP contribution < -0.4 is 25.5 Å². The number of hydrazone groups is 1. The molecule has 9 nitrogen and oxygen atoms in total. The fraction of sp³-hybridized carbons (Fsp3) is 0.214. The average Bonchev–Trinajstić information content (AvgIpc) is 2.90. The van der Waals surface area contributed by atoms with Gasteiger partial charge in [0.1, 0.15) is 11.5 Å². The molecule has 0 unspecified atom stereocenters. The lowest BCUT2D eigenvalue weighted by molar-refractivity contribution is -0.136. The number of aryl methyl sites for hydroxylation is 2. The van der Waals surface area contributed by atoms with Gasteiger partial charge in [-0.15, -0.1) is 0 Å². The maximum atomic E-state index is 12.2. The summed E-state index contributed by atoms with van der Waals surface area (Å²) in [6.45, 7) is 6.36. The van der Waals surface area contributed by atoms with Gasteiger partial charge in [0.05, 0.1) is 12.8 Å². The number of carbonyl (C=O) groups excluding carboxylic acids is 3. The fourth-order valence-electron chi connectivity index (χ4n) is 3.11. The number of carbonyl (C=O) groups is 3. The Kier molecular flexibility index (Phi) is 9.78. The molecule has 192 valence electrons. The molecule has 0 aliphatic heterocycles. The van der Waals surface area contributed by atoms with Crippen molar-refractivity contribution < 1.29 is 23.9 Å². The number of amides is 3. The van der Waals surface area contributed by atoms with Crippen LogP contribution in [-0.2, 0) is 14.4 Å². The topological polar surface area (TPSA) is 118 Å². The van der Waals surface area contributed by atoms with Crippen LogP contribution in [0.5, 0.6) is 11.5 Å². The molecule has 3 amide bonds. The molecule has 3 aromatic carbocycles. The standard InChI is InChI=1S/C28H30N4O5/c1-4-15-36-23-13-9-22(10-14-23)30-27(34)28(35)32-29-17-21-7-11-24(12-8-21)37-18-26(33)31-25-16-19(2)5-6-20(25)3/h5-14,16-17H,4,15,18H2,1-3H3,(H,30,34)(H,31,33)(H,32,35)/b29-17-. The lowest BCUT2D eigenvalue weighted by atomic mass is 10.1. The van der Waals surface area contributed by atoms with Gasteiger partial charge in [0.25, 0.3) is 5.91 Å². The molecule has 3 aromatic rings. The van der Waals surface area contributed by atoms with Crippen LogP contribution in [0.15, 0.2) is 71.8 Å². The normalized spacial score (nSPS) is 10.6. The van der Waals surface area contributed by atoms with Crippen molar-refractivity contribution in [3.05, 3.63) is 83.4 Å². The Morgan fingerprint density at radius 1 is 0.838 bits per heavy atom. The van der Waals surface area contributed by atoms with Gasteiger partial charge in [-0.2, -0.15) is 5.10 Å². The fourth-order valence-corrected chi connectivity index (χ4v) is 3.11. The Morgan fingerprint density at radius 2 is 1.51 bits per heavy atom. The van der Waals surface area contributed by atoms with Gasteiger partial charge in [-0.25, -0.2) is 5.43 Å². The molecule has 0 spiro atoms. The van der Waals surface area contributed by atoms with Crippen molar-refractivity contribution in [2.24, 2.45) is 5.10 Å². The molecule has 0 fully saturated rings. The van der Waals surface area contributed by atoms with Crippen molar-refractivity contribution >= 4 is 35.3 Å². The molecule has 0 aromatic heterocycles. The molecule has 3 N–H and O–H groups in total. The van der Waals surface area contributed by atoms with Gasteiger partial charge >= 0.3 is 11.8 Å². The maximum Gasteiger partial charge on any atom is 0.329 e. The number of nitrogens with zero attached hydrogens (tertiary/aromatic N) is 1. The Balaban J connectivity index is 1.42. The molecule has 0 atom stereocenters. The predicted octanol–water partition coefficient (Wildman–Crippen LogP) is 4.20. The number of hydrogen-bond donors (Lipinski definition) is 3. The first-order valence-corrected chi connectivity index (χ1v) is 11.8. The lowest BCUT2D eigenvalue weighted by Gasteiger charge is -2.10. The minimum Gasteiger partial charge on any atom is -0.494 e. The van der Waals surface area contributed by atoms with Crippen molar-refractivity contribution in [2.45, 2.75) is 27.2 Å². The predicted molar refractivity (Wildman–Crippen MR) is 143 cm³/mol. The molecule has 9 heteroatoms. The highest BCUT2D eigenvalue weighted by Gasteiger charge is 2.13. The first kappa shape index (κ1) is 26.9. The molecule has 0 heterocycles. The molecule has 0 saturated carbocycles. The quantitative estimate of drug-likeness (QED) is 0.218. The first-order chi connectivity index (χ1) is 17.8. The van der Waals surface area contributed by atoms with Crippen LogP contribution in [0.1, 0.15) is 30.0 Å². The summed E-state index contributed by atoms with van der Waals surface area (Å²) in [5.41, 5.74) is 6.09. The number of ether oxygens (including phenoxy) is 2. The van der Waals surface area contributed by atoms with Gasteiger partial charge < -0.3 is 20.1 Å². The van der Waals surface area contributed by atoms with Gasteiger partial charge in [-0.3, -0.25) is 14.4 Å². The maximum absolute atomic E-state index is 12.2. The molecular weight excluding hydrogens is 472 g/mol. The SMILES string of the molecule is CCCOc1ccc(NC(=O)C(=O)N/N=C\c2ccc(OCC(=O)Nc3cc(C)ccc3C)cc2)cc1. The zero-order valence-electron chi connectivity index (χ0n) is 21.0. The third-order valence-corrected chi connectivity index (χ3v) is 5.09. The van der Waals surface area contributed by atoms with E-state index >= 15 is 0 Å². The molecule has 3 rings (SSSR count). The summed E-state index contributed by atoms with van der Waals surface area (Å²) < 4.78 is 11.0. The van der Waals surface area contributed by atoms with Crippen molar-refractivity contribution in [1.82, 2.24) is 5.43 Å². The van der Waals surface area contributed by atoms with Crippen molar-refractivity contribution in [3.63, 3.8) is 0 Å². The Labute approximate surface area is 215 Å². The zero-order chi connectivity index (χ0) is 26.6. The van der Waals surface area contributed by atoms with E-state index in [4.69, 9.17) is 9.47 Å². The molecule has 0 radical (unpaired) electrons. The molecule has 0 saturated heterocycles. The van der Waals surface area contributed by atoms with Gasteiger partial charge in [0.15, 0.2) is 6.61 Å². The van der Waals surface area contributed by atoms with Crippen molar-refractivity contribution in [3.8, 4) is 11.5 Å². The summed E-state index contributed by atoms with van der Waals surface area (Å²) in [6, 6.07) is 19.3. The van der Waals surface area contributed by atoms with Crippen LogP contribution in [0.2, 0.25) is 0 Å². The van der Waals surface area contributed by atoms with E-state index in [0.717, 1.165) is 23.2 Å². The average molecular weight is 503 g/mol. The van der Waals surface area contributed by atoms with Crippen LogP contribution in [0.3, 0.4) is 0 Å². The van der Waals surface area contributed by atoms with Gasteiger partial charge in [0.2, 0.25) is 0 Å². The van der Waals surface area contributed by atoms with Gasteiger partial charge in [-0.1, -0.05) is 19.1 Å². The highest BCUT2D eigenvalue weighted by molar-refractivity contribution is 6.39. The van der Waals surface area contributed by atoms with E-state index in [-0.39, 0.29) is 12.5 Å². The summed E-state index contributed by atoms with van der Waals surface area (Å²) in [7, 11) is 0. The summed E-state index contributed by atoms with van der Waals surface area (Å²) in [4.78, 5) is 36.3. The third kappa shape index (κ3) is 8.81. The second-order valence-corrected chi connectivity index (χ2v) is 8.25. The van der Waals surface area contributed by atoms with E-state index in [1.807, 2.05) is 39.0 Å². The van der Waals surface area contributed by atoms with Crippen LogP contribution in [0.4, 0.5) is 11.4 Å². The van der Waals surface area contributed by atoms with Crippen molar-refractivity contribution in [2.75, 3.05) is 23.8 Å². The molecule has 0 aliphatic rings. The smallest absolute Gasteiger partial charge is 0.329 e. The zero-order valence-corrected chi connectivity index (χ0v) is 21.0. The van der Waals surface area contributed by atoms with E-state index in [0.29, 0.717) is 29.4 Å². The summed E-state index contributed by atoms with van der Waals surface area (Å²) >= 11 is 0. The van der Waals surface area contributed by atoms with E-state index in [2.05, 4.69) is 21.2 Å². The molecule has 0 bridgehead atoms. The largest absolute Gasteiger partial charge is 0.494 e. The minimum atomic E-state index is -0.905. The van der Waals surface area contributed by atoms with E-state index in [9.17, 15) is 14.4 Å². The van der Waals surface area contributed by atoms with Crippen LogP contribution in [0.25, 0.3) is 0 Å². The Morgan fingerprint density at radius 3 is 2.22 bits per heavy atom. The highest BCUT2D eigenvalue weighted by atomic mass is 16.5. The number of nitrogens with one attached hydrogen (secondary N) is 3. The number of rotatable bonds is 10. The molecular formula is C28H30N4O5. The van der Waals surface area contributed by atoms with Gasteiger partial charge in [0, 0.05) is 11.4 Å². The second kappa shape index (κ2) is 13.4. The van der Waals surface area contributed by atoms with E-state index in [1.165, 1.54) is 6.21 Å². The summed E-state index contributed by atoms with van der Waals surface area (Å²) in [5, 5.41) is 9.14. The highest BCUT2D eigenvalue weighted by Crippen LogP contribution is 2.17. The number of anilines is 2. The number of hydrogen-bond acceptors (Lipinski definition) is 6. The Hall–Kier alpha value is -4.66. The van der Waals surface area contributed by atoms with E-state index < -0.39 is 11.8 Å². The van der Waals surface area contributed by atoms with Crippen LogP contribution >= 0.6 is 0 Å². The minimum absolute atomic E-state index is 0.138. The van der Waals surface area contributed by atoms with Crippen LogP contribution in [0, 0.1) is 13.8 Å². The van der Waals surface area contributed by atoms with Crippen molar-refractivity contribution in [1.29, 1.82) is 0 Å². The van der Waals surface area contributed by atoms with E-state index in [1.54, 1.807) is 48.5 Å². The lowest BCUT2D eigenvalue weighted by Crippen LogP contribution is -2.32. The first-order valence-electron chi connectivity index (χ1n) is 11.8. The second-order valence-electron chi connectivity index (χ2n) is 8.25. The van der Waals surface area contributed by atoms with Crippen LogP contribution in [-0.4, -0.2) is 37.1 Å². The molecule has 0 aliphatic carbocycles.